The number of aliphatic carboxylic acids is 1. The molecule has 0 bridgehead atoms. The zero-order chi connectivity index (χ0) is 11.1. The second-order valence-corrected chi connectivity index (χ2v) is 3.30. The minimum absolute atomic E-state index is 0.253. The molecule has 0 fully saturated rings. The van der Waals surface area contributed by atoms with Crippen LogP contribution in [-0.2, 0) is 14.3 Å². The van der Waals surface area contributed by atoms with Crippen molar-refractivity contribution >= 4 is 11.9 Å². The molecular formula is C10H16O4. The molecule has 0 heterocycles. The molecule has 0 radical (unpaired) electrons. The fourth-order valence-corrected chi connectivity index (χ4v) is 0.801. The van der Waals surface area contributed by atoms with Gasteiger partial charge in [0.15, 0.2) is 0 Å². The Labute approximate surface area is 83.6 Å². The van der Waals surface area contributed by atoms with Crippen molar-refractivity contribution in [2.45, 2.75) is 26.7 Å². The van der Waals surface area contributed by atoms with Crippen molar-refractivity contribution in [3.63, 3.8) is 0 Å². The van der Waals surface area contributed by atoms with Gasteiger partial charge in [-0.1, -0.05) is 13.5 Å². The van der Waals surface area contributed by atoms with Crippen LogP contribution in [-0.4, -0.2) is 23.7 Å². The molecule has 0 rings (SSSR count). The molecule has 1 atom stereocenters. The number of hydrogen-bond acceptors (Lipinski definition) is 3. The summed E-state index contributed by atoms with van der Waals surface area (Å²) in [6.45, 7) is 6.88. The van der Waals surface area contributed by atoms with Gasteiger partial charge in [-0.2, -0.15) is 0 Å². The average molecular weight is 200 g/mol. The van der Waals surface area contributed by atoms with Crippen LogP contribution in [0.1, 0.15) is 26.7 Å². The van der Waals surface area contributed by atoms with Crippen molar-refractivity contribution in [2.24, 2.45) is 5.92 Å². The van der Waals surface area contributed by atoms with Crippen LogP contribution in [0.3, 0.4) is 0 Å². The number of carbonyl (C=O) groups is 2. The maximum absolute atomic E-state index is 10.9. The third-order valence-corrected chi connectivity index (χ3v) is 1.78. The van der Waals surface area contributed by atoms with Crippen LogP contribution in [0.4, 0.5) is 0 Å². The molecule has 1 N–H and O–H groups in total. The zero-order valence-electron chi connectivity index (χ0n) is 8.58. The Balaban J connectivity index is 3.52. The van der Waals surface area contributed by atoms with Crippen molar-refractivity contribution in [3.05, 3.63) is 12.2 Å². The molecule has 0 spiro atoms. The van der Waals surface area contributed by atoms with E-state index in [1.807, 2.05) is 0 Å². The second kappa shape index (κ2) is 6.18. The Morgan fingerprint density at radius 1 is 1.50 bits per heavy atom. The van der Waals surface area contributed by atoms with E-state index in [2.05, 4.69) is 6.58 Å². The van der Waals surface area contributed by atoms with Gasteiger partial charge in [0.25, 0.3) is 0 Å². The van der Waals surface area contributed by atoms with Gasteiger partial charge in [0.2, 0.25) is 0 Å². The van der Waals surface area contributed by atoms with Gasteiger partial charge in [0.05, 0.1) is 12.5 Å². The summed E-state index contributed by atoms with van der Waals surface area (Å²) in [5.74, 6) is -1.64. The predicted molar refractivity (Wildman–Crippen MR) is 51.8 cm³/mol. The summed E-state index contributed by atoms with van der Waals surface area (Å²) in [6, 6.07) is 0. The number of carbonyl (C=O) groups excluding carboxylic acids is 1. The van der Waals surface area contributed by atoms with E-state index in [1.165, 1.54) is 0 Å². The monoisotopic (exact) mass is 200 g/mol. The summed E-state index contributed by atoms with van der Waals surface area (Å²) in [5, 5.41) is 8.56. The normalized spacial score (nSPS) is 11.9. The van der Waals surface area contributed by atoms with Crippen LogP contribution >= 0.6 is 0 Å². The maximum atomic E-state index is 10.9. The molecule has 0 aliphatic rings. The first-order valence-corrected chi connectivity index (χ1v) is 4.50. The van der Waals surface area contributed by atoms with Crippen molar-refractivity contribution in [1.82, 2.24) is 0 Å². The molecule has 0 aliphatic carbocycles. The number of rotatable bonds is 6. The number of ether oxygens (including phenoxy) is 1. The fraction of sp³-hybridized carbons (Fsp3) is 0.600. The molecule has 0 amide bonds. The molecule has 80 valence electrons. The van der Waals surface area contributed by atoms with Gasteiger partial charge in [0, 0.05) is 5.57 Å². The van der Waals surface area contributed by atoms with Crippen LogP contribution in [0, 0.1) is 5.92 Å². The first-order valence-electron chi connectivity index (χ1n) is 4.50. The number of esters is 1. The molecular weight excluding hydrogens is 184 g/mol. The highest BCUT2D eigenvalue weighted by atomic mass is 16.5. The van der Waals surface area contributed by atoms with E-state index in [4.69, 9.17) is 9.84 Å². The van der Waals surface area contributed by atoms with E-state index in [0.717, 1.165) is 0 Å². The molecule has 4 nitrogen and oxygen atoms in total. The molecule has 1 unspecified atom stereocenters. The molecule has 0 aromatic heterocycles. The number of hydrogen-bond donors (Lipinski definition) is 1. The molecule has 4 heteroatoms. The van der Waals surface area contributed by atoms with Gasteiger partial charge in [-0.3, -0.25) is 4.79 Å². The average Bonchev–Trinajstić information content (AvgIpc) is 2.11. The van der Waals surface area contributed by atoms with Gasteiger partial charge >= 0.3 is 11.9 Å². The highest BCUT2D eigenvalue weighted by molar-refractivity contribution is 5.86. The predicted octanol–water partition coefficient (Wildman–Crippen LogP) is 1.61. The topological polar surface area (TPSA) is 63.6 Å². The number of carboxylic acids is 1. The Morgan fingerprint density at radius 3 is 2.50 bits per heavy atom. The summed E-state index contributed by atoms with van der Waals surface area (Å²) in [4.78, 5) is 21.3. The van der Waals surface area contributed by atoms with Gasteiger partial charge in [-0.05, 0) is 19.8 Å². The lowest BCUT2D eigenvalue weighted by molar-refractivity contribution is -0.141. The summed E-state index contributed by atoms with van der Waals surface area (Å²) in [5.41, 5.74) is 0.358. The number of carboxylic acid groups (broad SMARTS) is 1. The quantitative estimate of drug-likeness (QED) is 0.402. The molecule has 0 saturated heterocycles. The lowest BCUT2D eigenvalue weighted by atomic mass is 10.1. The van der Waals surface area contributed by atoms with Crippen molar-refractivity contribution in [1.29, 1.82) is 0 Å². The van der Waals surface area contributed by atoms with E-state index >= 15 is 0 Å². The first kappa shape index (κ1) is 12.7. The first-order chi connectivity index (χ1) is 6.45. The second-order valence-electron chi connectivity index (χ2n) is 3.30. The third kappa shape index (κ3) is 5.35. The van der Waals surface area contributed by atoms with Crippen molar-refractivity contribution in [2.75, 3.05) is 6.61 Å². The third-order valence-electron chi connectivity index (χ3n) is 1.78. The van der Waals surface area contributed by atoms with Crippen LogP contribution in [0.15, 0.2) is 12.2 Å². The highest BCUT2D eigenvalue weighted by Gasteiger charge is 2.10. The Hall–Kier alpha value is -1.32. The molecule has 0 aromatic rings. The smallest absolute Gasteiger partial charge is 0.333 e. The lowest BCUT2D eigenvalue weighted by Gasteiger charge is -2.06. The molecule has 14 heavy (non-hydrogen) atoms. The Morgan fingerprint density at radius 2 is 2.07 bits per heavy atom. The van der Waals surface area contributed by atoms with Crippen molar-refractivity contribution in [3.8, 4) is 0 Å². The van der Waals surface area contributed by atoms with Crippen LogP contribution < -0.4 is 0 Å². The molecule has 0 aliphatic heterocycles. The Kier molecular flexibility index (Phi) is 5.60. The van der Waals surface area contributed by atoms with Crippen molar-refractivity contribution < 1.29 is 19.4 Å². The minimum Gasteiger partial charge on any atom is -0.481 e. The van der Waals surface area contributed by atoms with E-state index in [0.29, 0.717) is 18.4 Å². The van der Waals surface area contributed by atoms with Crippen LogP contribution in [0.25, 0.3) is 0 Å². The summed E-state index contributed by atoms with van der Waals surface area (Å²) in [6.07, 6.45) is 1.07. The minimum atomic E-state index is -0.823. The standard InChI is InChI=1S/C10H16O4/c1-7(2)10(13)14-6-4-5-8(3)9(11)12/h8H,1,4-6H2,2-3H3,(H,11,12). The Bertz CT molecular complexity index is 232. The summed E-state index contributed by atoms with van der Waals surface area (Å²) < 4.78 is 4.80. The van der Waals surface area contributed by atoms with Crippen LogP contribution in [0.5, 0.6) is 0 Å². The van der Waals surface area contributed by atoms with E-state index in [-0.39, 0.29) is 6.61 Å². The van der Waals surface area contributed by atoms with Gasteiger partial charge in [0.1, 0.15) is 0 Å². The van der Waals surface area contributed by atoms with Gasteiger partial charge in [-0.25, -0.2) is 4.79 Å². The van der Waals surface area contributed by atoms with E-state index < -0.39 is 17.9 Å². The zero-order valence-corrected chi connectivity index (χ0v) is 8.58. The summed E-state index contributed by atoms with van der Waals surface area (Å²) in [7, 11) is 0. The van der Waals surface area contributed by atoms with Crippen LogP contribution in [0.2, 0.25) is 0 Å². The SMILES string of the molecule is C=C(C)C(=O)OCCCC(C)C(=O)O. The fourth-order valence-electron chi connectivity index (χ4n) is 0.801. The maximum Gasteiger partial charge on any atom is 0.333 e. The largest absolute Gasteiger partial charge is 0.481 e. The molecule has 0 aromatic carbocycles. The van der Waals surface area contributed by atoms with E-state index in [9.17, 15) is 9.59 Å². The summed E-state index contributed by atoms with van der Waals surface area (Å²) >= 11 is 0. The lowest BCUT2D eigenvalue weighted by Crippen LogP contribution is -2.12. The van der Waals surface area contributed by atoms with Gasteiger partial charge < -0.3 is 9.84 Å². The highest BCUT2D eigenvalue weighted by Crippen LogP contribution is 2.05. The van der Waals surface area contributed by atoms with E-state index in [1.54, 1.807) is 13.8 Å². The van der Waals surface area contributed by atoms with Gasteiger partial charge in [-0.15, -0.1) is 0 Å². The molecule has 0 saturated carbocycles.